The van der Waals surface area contributed by atoms with Gasteiger partial charge in [0.15, 0.2) is 6.10 Å². The Kier molecular flexibility index (Phi) is 10.3. The summed E-state index contributed by atoms with van der Waals surface area (Å²) in [6, 6.07) is 8.44. The monoisotopic (exact) mass is 691 g/mol. The maximum absolute atomic E-state index is 13.6. The van der Waals surface area contributed by atoms with E-state index < -0.39 is 17.7 Å². The van der Waals surface area contributed by atoms with Crippen LogP contribution < -0.4 is 20.4 Å². The van der Waals surface area contributed by atoms with Crippen LogP contribution in [0.1, 0.15) is 77.2 Å². The number of aromatic nitrogens is 3. The van der Waals surface area contributed by atoms with Gasteiger partial charge >= 0.3 is 5.97 Å². The van der Waals surface area contributed by atoms with Crippen molar-refractivity contribution in [3.8, 4) is 11.1 Å². The number of hydrogen-bond donors (Lipinski definition) is 1. The molecule has 0 aliphatic carbocycles. The number of nitrogens with zero attached hydrogens (tertiary/aromatic N) is 6. The number of piperidine rings is 1. The van der Waals surface area contributed by atoms with Gasteiger partial charge < -0.3 is 34.6 Å². The molecule has 0 spiro atoms. The Morgan fingerprint density at radius 3 is 2.45 bits per heavy atom. The van der Waals surface area contributed by atoms with E-state index in [-0.39, 0.29) is 17.2 Å². The topological polar surface area (TPSA) is 119 Å². The summed E-state index contributed by atoms with van der Waals surface area (Å²) in [5.41, 5.74) is 11.7. The normalized spacial score (nSPS) is 18.6. The van der Waals surface area contributed by atoms with Crippen molar-refractivity contribution < 1.29 is 19.0 Å². The third kappa shape index (κ3) is 7.89. The van der Waals surface area contributed by atoms with Crippen LogP contribution in [0.2, 0.25) is 5.15 Å². The Labute approximate surface area is 295 Å². The molecule has 3 aliphatic heterocycles. The molecule has 3 aromatic rings. The second-order valence-corrected chi connectivity index (χ2v) is 15.3. The highest BCUT2D eigenvalue weighted by molar-refractivity contribution is 6.31. The number of anilines is 4. The lowest BCUT2D eigenvalue weighted by atomic mass is 9.82. The number of fused-ring (bicyclic) bond motifs is 1. The van der Waals surface area contributed by atoms with Crippen LogP contribution in [0, 0.1) is 5.41 Å². The van der Waals surface area contributed by atoms with Gasteiger partial charge in [-0.3, -0.25) is 0 Å². The largest absolute Gasteiger partial charge is 0.464 e. The smallest absolute Gasteiger partial charge is 0.340 e. The fourth-order valence-electron chi connectivity index (χ4n) is 6.89. The van der Waals surface area contributed by atoms with E-state index >= 15 is 0 Å². The molecule has 264 valence electrons. The van der Waals surface area contributed by atoms with Crippen LogP contribution in [-0.4, -0.2) is 79.1 Å². The summed E-state index contributed by atoms with van der Waals surface area (Å²) in [6.07, 6.45) is 3.53. The summed E-state index contributed by atoms with van der Waals surface area (Å²) in [5.74, 6) is 1.48. The number of benzene rings is 1. The van der Waals surface area contributed by atoms with Crippen LogP contribution in [-0.2, 0) is 32.0 Å². The number of carbonyl (C=O) groups is 1. The van der Waals surface area contributed by atoms with Gasteiger partial charge in [-0.2, -0.15) is 4.98 Å². The number of carbonyl (C=O) groups excluding carboxylic acids is 1. The number of morpholine rings is 1. The van der Waals surface area contributed by atoms with E-state index in [2.05, 4.69) is 56.7 Å². The van der Waals surface area contributed by atoms with Gasteiger partial charge in [0.1, 0.15) is 16.8 Å². The third-order valence-corrected chi connectivity index (χ3v) is 9.90. The molecular formula is C37H50ClN7O4. The molecule has 0 unspecified atom stereocenters. The van der Waals surface area contributed by atoms with Gasteiger partial charge in [-0.15, -0.1) is 0 Å². The van der Waals surface area contributed by atoms with E-state index in [1.165, 1.54) is 11.1 Å². The Morgan fingerprint density at radius 1 is 1.02 bits per heavy atom. The number of nitrogens with two attached hydrogens (primary N) is 1. The molecule has 3 aliphatic rings. The number of halogens is 1. The van der Waals surface area contributed by atoms with E-state index in [9.17, 15) is 4.79 Å². The fraction of sp³-hybridized carbons (Fsp3) is 0.568. The molecule has 0 radical (unpaired) electrons. The lowest BCUT2D eigenvalue weighted by molar-refractivity contribution is -0.166. The lowest BCUT2D eigenvalue weighted by Gasteiger charge is -2.41. The van der Waals surface area contributed by atoms with Gasteiger partial charge in [-0.25, -0.2) is 14.8 Å². The second-order valence-electron chi connectivity index (χ2n) is 14.9. The minimum absolute atomic E-state index is 0.149. The highest BCUT2D eigenvalue weighted by atomic mass is 35.5. The van der Waals surface area contributed by atoms with Crippen molar-refractivity contribution in [2.75, 3.05) is 73.0 Å². The molecule has 6 rings (SSSR count). The fourth-order valence-corrected chi connectivity index (χ4v) is 7.17. The average Bonchev–Trinajstić information content (AvgIpc) is 3.07. The average molecular weight is 692 g/mol. The molecule has 2 N–H and O–H groups in total. The quantitative estimate of drug-likeness (QED) is 0.214. The first-order valence-corrected chi connectivity index (χ1v) is 17.8. The van der Waals surface area contributed by atoms with Gasteiger partial charge in [0.05, 0.1) is 36.7 Å². The number of hydrogen-bond acceptors (Lipinski definition) is 11. The molecular weight excluding hydrogens is 642 g/mol. The van der Waals surface area contributed by atoms with Crippen molar-refractivity contribution in [2.24, 2.45) is 5.41 Å². The zero-order valence-electron chi connectivity index (χ0n) is 29.7. The first-order valence-electron chi connectivity index (χ1n) is 17.4. The summed E-state index contributed by atoms with van der Waals surface area (Å²) < 4.78 is 17.5. The molecule has 2 fully saturated rings. The number of nitrogen functional groups attached to an aromatic ring is 1. The maximum atomic E-state index is 13.6. The Balaban J connectivity index is 1.39. The van der Waals surface area contributed by atoms with E-state index in [1.54, 1.807) is 6.92 Å². The number of pyridine rings is 1. The predicted octanol–water partition coefficient (Wildman–Crippen LogP) is 6.22. The molecule has 0 saturated carbocycles. The van der Waals surface area contributed by atoms with Crippen LogP contribution >= 0.6 is 11.6 Å². The van der Waals surface area contributed by atoms with Crippen LogP contribution in [0.3, 0.4) is 0 Å². The summed E-state index contributed by atoms with van der Waals surface area (Å²) in [7, 11) is 0. The highest BCUT2D eigenvalue weighted by Gasteiger charge is 2.38. The standard InChI is InChI=1S/C37H50ClN7O4/c1-7-48-34(46)31(49-36(2,3)4)29-30(44-16-12-37(5,6)13-17-44)28(33(39)42-32(29)38)25-8-9-26-23-45(15-11-24(26)22-25)35-40-14-10-27(41-35)43-18-20-47-21-19-43/h8-10,14,22,31H,7,11-13,15-21,23H2,1-6H3,(H2,39,42)/t31-/m0/s1. The second kappa shape index (κ2) is 14.3. The summed E-state index contributed by atoms with van der Waals surface area (Å²) >= 11 is 6.96. The molecule has 2 aromatic heterocycles. The summed E-state index contributed by atoms with van der Waals surface area (Å²) in [5, 5.41) is 0.149. The van der Waals surface area contributed by atoms with Crippen LogP contribution in [0.15, 0.2) is 30.5 Å². The molecule has 1 aromatic carbocycles. The van der Waals surface area contributed by atoms with E-state index in [4.69, 9.17) is 36.5 Å². The molecule has 0 bridgehead atoms. The van der Waals surface area contributed by atoms with Crippen molar-refractivity contribution in [1.29, 1.82) is 0 Å². The zero-order valence-corrected chi connectivity index (χ0v) is 30.5. The van der Waals surface area contributed by atoms with E-state index in [0.29, 0.717) is 31.1 Å². The molecule has 0 amide bonds. The molecule has 12 heteroatoms. The van der Waals surface area contributed by atoms with Crippen molar-refractivity contribution in [3.63, 3.8) is 0 Å². The van der Waals surface area contributed by atoms with Crippen LogP contribution in [0.25, 0.3) is 11.1 Å². The minimum Gasteiger partial charge on any atom is -0.464 e. The lowest BCUT2D eigenvalue weighted by Crippen LogP contribution is -2.39. The molecule has 5 heterocycles. The Hall–Kier alpha value is -3.67. The van der Waals surface area contributed by atoms with E-state index in [1.807, 2.05) is 33.0 Å². The minimum atomic E-state index is -1.08. The first-order chi connectivity index (χ1) is 23.3. The van der Waals surface area contributed by atoms with Crippen LogP contribution in [0.5, 0.6) is 0 Å². The highest BCUT2D eigenvalue weighted by Crippen LogP contribution is 2.47. The van der Waals surface area contributed by atoms with Gasteiger partial charge in [-0.05, 0) is 75.1 Å². The Morgan fingerprint density at radius 2 is 1.76 bits per heavy atom. The number of rotatable bonds is 8. The van der Waals surface area contributed by atoms with Gasteiger partial charge in [0.25, 0.3) is 0 Å². The van der Waals surface area contributed by atoms with Gasteiger partial charge in [-0.1, -0.05) is 43.6 Å². The maximum Gasteiger partial charge on any atom is 0.340 e. The van der Waals surface area contributed by atoms with Gasteiger partial charge in [0.2, 0.25) is 5.95 Å². The van der Waals surface area contributed by atoms with Crippen molar-refractivity contribution in [1.82, 2.24) is 15.0 Å². The molecule has 1 atom stereocenters. The SMILES string of the molecule is CCOC(=O)[C@@H](OC(C)(C)C)c1c(Cl)nc(N)c(-c2ccc3c(c2)CCN(c2nccc(N4CCOCC4)n2)C3)c1N1CCC(C)(C)CC1. The van der Waals surface area contributed by atoms with Crippen molar-refractivity contribution in [3.05, 3.63) is 52.3 Å². The molecule has 49 heavy (non-hydrogen) atoms. The van der Waals surface area contributed by atoms with Crippen LogP contribution in [0.4, 0.5) is 23.3 Å². The first kappa shape index (κ1) is 35.2. The molecule has 11 nitrogen and oxygen atoms in total. The summed E-state index contributed by atoms with van der Waals surface area (Å²) in [4.78, 5) is 34.6. The van der Waals surface area contributed by atoms with Crippen molar-refractivity contribution in [2.45, 2.75) is 79.1 Å². The number of esters is 1. The van der Waals surface area contributed by atoms with Gasteiger partial charge in [0, 0.05) is 51.0 Å². The van der Waals surface area contributed by atoms with E-state index in [0.717, 1.165) is 80.6 Å². The zero-order chi connectivity index (χ0) is 34.9. The number of ether oxygens (including phenoxy) is 3. The summed E-state index contributed by atoms with van der Waals surface area (Å²) in [6.45, 7) is 18.4. The van der Waals surface area contributed by atoms with Crippen molar-refractivity contribution >= 4 is 40.8 Å². The Bertz CT molecular complexity index is 1660. The third-order valence-electron chi connectivity index (χ3n) is 9.61. The molecule has 2 saturated heterocycles. The predicted molar refractivity (Wildman–Crippen MR) is 194 cm³/mol.